The molecule has 0 aliphatic rings. The minimum atomic E-state index is -0.190. The molecule has 0 radical (unpaired) electrons. The highest BCUT2D eigenvalue weighted by atomic mass is 79.9. The summed E-state index contributed by atoms with van der Waals surface area (Å²) in [6, 6.07) is 5.76. The first-order valence-corrected chi connectivity index (χ1v) is 6.26. The molecule has 2 rings (SSSR count). The largest absolute Gasteiger partial charge is 0.337 e. The van der Waals surface area contributed by atoms with Crippen molar-refractivity contribution in [1.82, 2.24) is 10.1 Å². The van der Waals surface area contributed by atoms with Crippen molar-refractivity contribution in [3.63, 3.8) is 0 Å². The van der Waals surface area contributed by atoms with Crippen molar-refractivity contribution in [3.05, 3.63) is 34.1 Å². The number of halogens is 1. The maximum Gasteiger partial charge on any atom is 0.243 e. The van der Waals surface area contributed by atoms with E-state index in [0.29, 0.717) is 11.7 Å². The van der Waals surface area contributed by atoms with E-state index in [9.17, 15) is 0 Å². The molecule has 1 heterocycles. The van der Waals surface area contributed by atoms with Crippen LogP contribution in [0.4, 0.5) is 0 Å². The van der Waals surface area contributed by atoms with Crippen LogP contribution in [0, 0.1) is 6.92 Å². The van der Waals surface area contributed by atoms with E-state index in [1.807, 2.05) is 32.0 Å². The van der Waals surface area contributed by atoms with Gasteiger partial charge in [-0.2, -0.15) is 4.98 Å². The molecule has 0 fully saturated rings. The highest BCUT2D eigenvalue weighted by Crippen LogP contribution is 2.24. The minimum Gasteiger partial charge on any atom is -0.337 e. The third-order valence-electron chi connectivity index (χ3n) is 2.63. The van der Waals surface area contributed by atoms with Crippen molar-refractivity contribution in [3.8, 4) is 11.4 Å². The van der Waals surface area contributed by atoms with Gasteiger partial charge in [-0.25, -0.2) is 0 Å². The van der Waals surface area contributed by atoms with Gasteiger partial charge in [-0.05, 0) is 25.0 Å². The Bertz CT molecular complexity index is 524. The molecule has 1 aromatic carbocycles. The van der Waals surface area contributed by atoms with Crippen molar-refractivity contribution < 1.29 is 4.52 Å². The van der Waals surface area contributed by atoms with Gasteiger partial charge >= 0.3 is 0 Å². The van der Waals surface area contributed by atoms with Gasteiger partial charge in [0.15, 0.2) is 0 Å². The van der Waals surface area contributed by atoms with Crippen LogP contribution < -0.4 is 5.73 Å². The summed E-state index contributed by atoms with van der Waals surface area (Å²) in [6.07, 6.45) is 0.777. The van der Waals surface area contributed by atoms with Crippen LogP contribution in [-0.2, 0) is 0 Å². The fourth-order valence-corrected chi connectivity index (χ4v) is 1.79. The van der Waals surface area contributed by atoms with Gasteiger partial charge in [0.2, 0.25) is 11.7 Å². The van der Waals surface area contributed by atoms with Crippen LogP contribution >= 0.6 is 15.9 Å². The van der Waals surface area contributed by atoms with Crippen LogP contribution in [0.1, 0.15) is 30.8 Å². The molecule has 0 saturated heterocycles. The molecule has 2 aromatic rings. The normalized spacial score (nSPS) is 12.7. The SMILES string of the molecule is CC[C@@H](N)c1nc(-c2ccc(C)c(Br)c2)no1. The van der Waals surface area contributed by atoms with Crippen molar-refractivity contribution in [1.29, 1.82) is 0 Å². The molecule has 0 unspecified atom stereocenters. The molecule has 0 bridgehead atoms. The van der Waals surface area contributed by atoms with Crippen LogP contribution in [0.5, 0.6) is 0 Å². The summed E-state index contributed by atoms with van der Waals surface area (Å²) in [5.41, 5.74) is 7.92. The summed E-state index contributed by atoms with van der Waals surface area (Å²) in [5, 5.41) is 3.94. The van der Waals surface area contributed by atoms with Gasteiger partial charge in [-0.1, -0.05) is 40.1 Å². The van der Waals surface area contributed by atoms with E-state index >= 15 is 0 Å². The van der Waals surface area contributed by atoms with Crippen LogP contribution in [-0.4, -0.2) is 10.1 Å². The summed E-state index contributed by atoms with van der Waals surface area (Å²) in [5.74, 6) is 1.06. The number of benzene rings is 1. The Morgan fingerprint density at radius 2 is 2.24 bits per heavy atom. The molecular weight excluding hydrogens is 282 g/mol. The van der Waals surface area contributed by atoms with Gasteiger partial charge < -0.3 is 10.3 Å². The first-order chi connectivity index (χ1) is 8.11. The summed E-state index contributed by atoms with van der Waals surface area (Å²) < 4.78 is 6.17. The molecule has 90 valence electrons. The average molecular weight is 296 g/mol. The lowest BCUT2D eigenvalue weighted by Gasteiger charge is -2.00. The topological polar surface area (TPSA) is 64.9 Å². The molecular formula is C12H14BrN3O. The molecule has 17 heavy (non-hydrogen) atoms. The summed E-state index contributed by atoms with van der Waals surface area (Å²) >= 11 is 3.48. The van der Waals surface area contributed by atoms with Crippen molar-refractivity contribution in [2.24, 2.45) is 5.73 Å². The van der Waals surface area contributed by atoms with Crippen molar-refractivity contribution in [2.45, 2.75) is 26.3 Å². The Kier molecular flexibility index (Phi) is 3.59. The fraction of sp³-hybridized carbons (Fsp3) is 0.333. The lowest BCUT2D eigenvalue weighted by Crippen LogP contribution is -2.08. The molecule has 4 nitrogen and oxygen atoms in total. The maximum atomic E-state index is 5.83. The zero-order valence-electron chi connectivity index (χ0n) is 9.77. The lowest BCUT2D eigenvalue weighted by molar-refractivity contribution is 0.352. The maximum absolute atomic E-state index is 5.83. The first kappa shape index (κ1) is 12.3. The highest BCUT2D eigenvalue weighted by molar-refractivity contribution is 9.10. The summed E-state index contributed by atoms with van der Waals surface area (Å²) in [4.78, 5) is 4.30. The first-order valence-electron chi connectivity index (χ1n) is 5.47. The van der Waals surface area contributed by atoms with E-state index in [2.05, 4.69) is 26.1 Å². The third kappa shape index (κ3) is 2.56. The fourth-order valence-electron chi connectivity index (χ4n) is 1.41. The van der Waals surface area contributed by atoms with Gasteiger partial charge in [0.25, 0.3) is 0 Å². The van der Waals surface area contributed by atoms with E-state index in [-0.39, 0.29) is 6.04 Å². The molecule has 0 saturated carbocycles. The summed E-state index contributed by atoms with van der Waals surface area (Å²) in [6.45, 7) is 4.01. The number of aromatic nitrogens is 2. The minimum absolute atomic E-state index is 0.190. The van der Waals surface area contributed by atoms with Crippen LogP contribution in [0.15, 0.2) is 27.2 Å². The standard InChI is InChI=1S/C12H14BrN3O/c1-3-10(14)12-15-11(16-17-12)8-5-4-7(2)9(13)6-8/h4-6,10H,3,14H2,1-2H3/t10-/m1/s1. The predicted octanol–water partition coefficient (Wildman–Crippen LogP) is 3.22. The van der Waals surface area contributed by atoms with Gasteiger partial charge in [0.05, 0.1) is 6.04 Å². The van der Waals surface area contributed by atoms with Gasteiger partial charge in [-0.3, -0.25) is 0 Å². The number of rotatable bonds is 3. The summed E-state index contributed by atoms with van der Waals surface area (Å²) in [7, 11) is 0. The lowest BCUT2D eigenvalue weighted by atomic mass is 10.1. The number of hydrogen-bond acceptors (Lipinski definition) is 4. The zero-order chi connectivity index (χ0) is 12.4. The molecule has 1 atom stereocenters. The number of hydrogen-bond donors (Lipinski definition) is 1. The zero-order valence-corrected chi connectivity index (χ0v) is 11.4. The monoisotopic (exact) mass is 295 g/mol. The Morgan fingerprint density at radius 1 is 1.47 bits per heavy atom. The van der Waals surface area contributed by atoms with Crippen molar-refractivity contribution >= 4 is 15.9 Å². The quantitative estimate of drug-likeness (QED) is 0.944. The van der Waals surface area contributed by atoms with Gasteiger partial charge in [-0.15, -0.1) is 0 Å². The Morgan fingerprint density at radius 3 is 2.88 bits per heavy atom. The second kappa shape index (κ2) is 4.98. The van der Waals surface area contributed by atoms with E-state index in [1.54, 1.807) is 0 Å². The van der Waals surface area contributed by atoms with Gasteiger partial charge in [0.1, 0.15) is 0 Å². The Balaban J connectivity index is 2.33. The second-order valence-electron chi connectivity index (χ2n) is 3.93. The molecule has 1 aromatic heterocycles. The van der Waals surface area contributed by atoms with Gasteiger partial charge in [0, 0.05) is 10.0 Å². The number of nitrogens with zero attached hydrogens (tertiary/aromatic N) is 2. The average Bonchev–Trinajstić information content (AvgIpc) is 2.81. The molecule has 2 N–H and O–H groups in total. The number of nitrogens with two attached hydrogens (primary N) is 1. The number of aryl methyl sites for hydroxylation is 1. The molecule has 0 aliphatic carbocycles. The van der Waals surface area contributed by atoms with Crippen LogP contribution in [0.3, 0.4) is 0 Å². The van der Waals surface area contributed by atoms with E-state index in [0.717, 1.165) is 16.5 Å². The van der Waals surface area contributed by atoms with Crippen molar-refractivity contribution in [2.75, 3.05) is 0 Å². The van der Waals surface area contributed by atoms with E-state index in [4.69, 9.17) is 10.3 Å². The molecule has 5 heteroatoms. The Labute approximate surface area is 108 Å². The molecule has 0 spiro atoms. The van der Waals surface area contributed by atoms with E-state index < -0.39 is 0 Å². The van der Waals surface area contributed by atoms with E-state index in [1.165, 1.54) is 5.56 Å². The smallest absolute Gasteiger partial charge is 0.243 e. The highest BCUT2D eigenvalue weighted by Gasteiger charge is 2.14. The Hall–Kier alpha value is -1.20. The molecule has 0 amide bonds. The van der Waals surface area contributed by atoms with Crippen LogP contribution in [0.25, 0.3) is 11.4 Å². The third-order valence-corrected chi connectivity index (χ3v) is 3.48. The predicted molar refractivity (Wildman–Crippen MR) is 69.4 cm³/mol. The molecule has 0 aliphatic heterocycles. The van der Waals surface area contributed by atoms with Crippen LogP contribution in [0.2, 0.25) is 0 Å². The second-order valence-corrected chi connectivity index (χ2v) is 4.79.